The van der Waals surface area contributed by atoms with Crippen molar-refractivity contribution in [1.29, 1.82) is 0 Å². The number of carbonyl (C=O) groups excluding carboxylic acids is 1. The molecule has 0 radical (unpaired) electrons. The number of hydrogen-bond donors (Lipinski definition) is 12. The van der Waals surface area contributed by atoms with Crippen molar-refractivity contribution in [3.63, 3.8) is 0 Å². The van der Waals surface area contributed by atoms with Crippen LogP contribution in [0.15, 0.2) is 109 Å². The minimum absolute atomic E-state index is 0.226. The summed E-state index contributed by atoms with van der Waals surface area (Å²) in [4.78, 5) is 13.3. The molecular formula is C69H115NO18. The molecule has 19 nitrogen and oxygen atoms in total. The normalized spacial score (nSPS) is 29.1. The fourth-order valence-electron chi connectivity index (χ4n) is 10.4. The van der Waals surface area contributed by atoms with Gasteiger partial charge in [0.25, 0.3) is 0 Å². The first kappa shape index (κ1) is 78.7. The van der Waals surface area contributed by atoms with Crippen LogP contribution in [0.5, 0.6) is 0 Å². The molecule has 1 amide bonds. The van der Waals surface area contributed by atoms with Crippen molar-refractivity contribution in [2.75, 3.05) is 26.4 Å². The molecule has 0 aromatic rings. The predicted octanol–water partition coefficient (Wildman–Crippen LogP) is 7.88. The molecule has 0 aliphatic carbocycles. The molecule has 0 saturated carbocycles. The summed E-state index contributed by atoms with van der Waals surface area (Å²) < 4.78 is 34.2. The molecule has 0 bridgehead atoms. The standard InChI is InChI=1S/C69H115NO18/c1-3-5-7-9-11-13-15-16-17-18-19-20-21-22-23-24-25-26-27-28-29-30-31-32-33-34-35-36-37-39-41-43-45-47-57(75)70-52(53(74)46-44-42-40-38-14-12-10-8-6-4-2)51-83-67-63(81)60(78)65(55(49-72)85-67)88-69-64(82)61(79)66(56(50-73)86-69)87-68-62(80)59(77)58(76)54(48-71)84-68/h5,7,11,13,16-17,19-20,22-23,25-26,28-29,31-32,44,46,52-56,58-69,71-74,76-82H,3-4,6,8-10,12,14-15,18,21,24,27,30,33-43,45,47-51H2,1-2H3,(H,70,75)/b7-5-,13-11-,17-16-,20-19-,23-22-,26-25-,29-28-,32-31-,46-44+. The van der Waals surface area contributed by atoms with Crippen LogP contribution in [0.4, 0.5) is 0 Å². The highest BCUT2D eigenvalue weighted by atomic mass is 16.8. The molecule has 504 valence electrons. The quantitative estimate of drug-likeness (QED) is 0.0204. The Morgan fingerprint density at radius 2 is 0.784 bits per heavy atom. The fraction of sp³-hybridized carbons (Fsp3) is 0.725. The summed E-state index contributed by atoms with van der Waals surface area (Å²) in [5, 5.41) is 120. The zero-order valence-corrected chi connectivity index (χ0v) is 52.9. The lowest BCUT2D eigenvalue weighted by atomic mass is 9.96. The number of amides is 1. The Balaban J connectivity index is 1.37. The van der Waals surface area contributed by atoms with Crippen molar-refractivity contribution >= 4 is 5.91 Å². The Labute approximate surface area is 525 Å². The van der Waals surface area contributed by atoms with E-state index in [0.29, 0.717) is 6.42 Å². The van der Waals surface area contributed by atoms with E-state index in [0.717, 1.165) is 116 Å². The minimum Gasteiger partial charge on any atom is -0.394 e. The van der Waals surface area contributed by atoms with Crippen molar-refractivity contribution in [2.45, 2.75) is 291 Å². The van der Waals surface area contributed by atoms with Crippen molar-refractivity contribution in [1.82, 2.24) is 5.32 Å². The van der Waals surface area contributed by atoms with Crippen LogP contribution in [-0.4, -0.2) is 193 Å². The molecule has 3 fully saturated rings. The Morgan fingerprint density at radius 3 is 1.23 bits per heavy atom. The highest BCUT2D eigenvalue weighted by Gasteiger charge is 2.53. The van der Waals surface area contributed by atoms with Gasteiger partial charge in [0.05, 0.1) is 38.6 Å². The number of nitrogens with one attached hydrogen (secondary N) is 1. The third-order valence-corrected chi connectivity index (χ3v) is 15.8. The van der Waals surface area contributed by atoms with Crippen LogP contribution in [-0.2, 0) is 33.2 Å². The molecule has 17 unspecified atom stereocenters. The summed E-state index contributed by atoms with van der Waals surface area (Å²) >= 11 is 0. The largest absolute Gasteiger partial charge is 0.394 e. The molecule has 3 saturated heterocycles. The number of carbonyl (C=O) groups is 1. The first-order chi connectivity index (χ1) is 42.8. The molecule has 3 aliphatic rings. The van der Waals surface area contributed by atoms with Crippen molar-refractivity contribution in [3.8, 4) is 0 Å². The second-order valence-corrected chi connectivity index (χ2v) is 23.2. The molecule has 0 aromatic heterocycles. The maximum Gasteiger partial charge on any atom is 0.220 e. The van der Waals surface area contributed by atoms with E-state index < -0.39 is 124 Å². The summed E-state index contributed by atoms with van der Waals surface area (Å²) in [6, 6.07) is -0.983. The van der Waals surface area contributed by atoms with Crippen LogP contribution in [0.2, 0.25) is 0 Å². The van der Waals surface area contributed by atoms with Crippen molar-refractivity contribution < 1.29 is 89.4 Å². The van der Waals surface area contributed by atoms with Crippen LogP contribution in [0.1, 0.15) is 187 Å². The van der Waals surface area contributed by atoms with Crippen LogP contribution < -0.4 is 5.32 Å². The van der Waals surface area contributed by atoms with Gasteiger partial charge in [-0.15, -0.1) is 0 Å². The maximum atomic E-state index is 13.3. The number of allylic oxidation sites excluding steroid dienone is 17. The number of aliphatic hydroxyl groups excluding tert-OH is 11. The molecule has 3 aliphatic heterocycles. The minimum atomic E-state index is -1.98. The smallest absolute Gasteiger partial charge is 0.220 e. The Morgan fingerprint density at radius 1 is 0.420 bits per heavy atom. The first-order valence-corrected chi connectivity index (χ1v) is 33.1. The summed E-state index contributed by atoms with van der Waals surface area (Å²) in [7, 11) is 0. The van der Waals surface area contributed by atoms with Gasteiger partial charge in [-0.3, -0.25) is 4.79 Å². The number of hydrogen-bond acceptors (Lipinski definition) is 18. The molecule has 17 atom stereocenters. The van der Waals surface area contributed by atoms with E-state index in [1.165, 1.54) is 44.9 Å². The predicted molar refractivity (Wildman–Crippen MR) is 341 cm³/mol. The van der Waals surface area contributed by atoms with Gasteiger partial charge in [-0.1, -0.05) is 207 Å². The van der Waals surface area contributed by atoms with E-state index in [2.05, 4.69) is 116 Å². The molecule has 0 aromatic carbocycles. The molecular weight excluding hydrogens is 1130 g/mol. The van der Waals surface area contributed by atoms with Crippen molar-refractivity contribution in [2.24, 2.45) is 0 Å². The fourth-order valence-corrected chi connectivity index (χ4v) is 10.4. The Kier molecular flexibility index (Phi) is 44.8. The summed E-state index contributed by atoms with van der Waals surface area (Å²) in [5.41, 5.74) is 0. The third-order valence-electron chi connectivity index (χ3n) is 15.8. The average Bonchev–Trinajstić information content (AvgIpc) is 1.83. The first-order valence-electron chi connectivity index (χ1n) is 33.1. The lowest BCUT2D eigenvalue weighted by Gasteiger charge is -2.48. The van der Waals surface area contributed by atoms with Gasteiger partial charge in [0.2, 0.25) is 5.91 Å². The van der Waals surface area contributed by atoms with Gasteiger partial charge in [-0.05, 0) is 83.5 Å². The zero-order valence-electron chi connectivity index (χ0n) is 52.9. The van der Waals surface area contributed by atoms with Gasteiger partial charge in [0.15, 0.2) is 18.9 Å². The molecule has 0 spiro atoms. The van der Waals surface area contributed by atoms with Gasteiger partial charge in [-0.2, -0.15) is 0 Å². The number of ether oxygens (including phenoxy) is 6. The van der Waals surface area contributed by atoms with Gasteiger partial charge >= 0.3 is 0 Å². The zero-order chi connectivity index (χ0) is 64.0. The van der Waals surface area contributed by atoms with Gasteiger partial charge in [0, 0.05) is 6.42 Å². The van der Waals surface area contributed by atoms with E-state index in [1.807, 2.05) is 6.08 Å². The van der Waals surface area contributed by atoms with E-state index in [9.17, 15) is 61.0 Å². The molecule has 19 heteroatoms. The Bertz CT molecular complexity index is 2020. The topological polar surface area (TPSA) is 307 Å². The molecule has 3 rings (SSSR count). The Hall–Kier alpha value is -3.55. The lowest BCUT2D eigenvalue weighted by molar-refractivity contribution is -0.379. The van der Waals surface area contributed by atoms with Crippen LogP contribution in [0.3, 0.4) is 0 Å². The van der Waals surface area contributed by atoms with Crippen LogP contribution in [0.25, 0.3) is 0 Å². The van der Waals surface area contributed by atoms with Crippen LogP contribution in [0, 0.1) is 0 Å². The van der Waals surface area contributed by atoms with Crippen molar-refractivity contribution in [3.05, 3.63) is 109 Å². The highest BCUT2D eigenvalue weighted by molar-refractivity contribution is 5.76. The van der Waals surface area contributed by atoms with E-state index in [4.69, 9.17) is 28.4 Å². The average molecular weight is 1250 g/mol. The maximum absolute atomic E-state index is 13.3. The van der Waals surface area contributed by atoms with Gasteiger partial charge in [0.1, 0.15) is 73.2 Å². The number of unbranched alkanes of at least 4 members (excludes halogenated alkanes) is 16. The second-order valence-electron chi connectivity index (χ2n) is 23.2. The van der Waals surface area contributed by atoms with Gasteiger partial charge < -0.3 is 89.9 Å². The highest BCUT2D eigenvalue weighted by Crippen LogP contribution is 2.33. The molecule has 12 N–H and O–H groups in total. The summed E-state index contributed by atoms with van der Waals surface area (Å²) in [6.45, 7) is 1.55. The third kappa shape index (κ3) is 32.1. The molecule has 3 heterocycles. The number of rotatable bonds is 48. The van der Waals surface area contributed by atoms with E-state index >= 15 is 0 Å². The summed E-state index contributed by atoms with van der Waals surface area (Å²) in [6.07, 6.45) is 39.4. The summed E-state index contributed by atoms with van der Waals surface area (Å²) in [5.74, 6) is -0.292. The monoisotopic (exact) mass is 1250 g/mol. The SMILES string of the molecule is CC/C=C\C/C=C\C/C=C\C/C=C\C/C=C\C/C=C\C/C=C\C/C=C\CCCCCCCCCCC(=O)NC(COC1OC(CO)C(OC2OC(CO)C(OC3OC(CO)C(O)C(O)C3O)C(O)C2O)C(O)C1O)C(O)/C=C/CCCCCCCCCC. The van der Waals surface area contributed by atoms with E-state index in [1.54, 1.807) is 6.08 Å². The van der Waals surface area contributed by atoms with Gasteiger partial charge in [-0.25, -0.2) is 0 Å². The molecule has 88 heavy (non-hydrogen) atoms. The lowest BCUT2D eigenvalue weighted by Crippen LogP contribution is -2.66. The number of aliphatic hydroxyl groups is 11. The second kappa shape index (κ2) is 50.1. The van der Waals surface area contributed by atoms with E-state index in [-0.39, 0.29) is 18.9 Å². The van der Waals surface area contributed by atoms with Crippen LogP contribution >= 0.6 is 0 Å².